The highest BCUT2D eigenvalue weighted by Gasteiger charge is 2.53. The Morgan fingerprint density at radius 3 is 2.47 bits per heavy atom. The average Bonchev–Trinajstić information content (AvgIpc) is 3.33. The zero-order valence-corrected chi connectivity index (χ0v) is 19.3. The van der Waals surface area contributed by atoms with Crippen molar-refractivity contribution in [3.8, 4) is 5.75 Å². The lowest BCUT2D eigenvalue weighted by molar-refractivity contribution is 0.0790. The number of hydrogen-bond acceptors (Lipinski definition) is 3. The number of benzene rings is 2. The van der Waals surface area contributed by atoms with Crippen molar-refractivity contribution in [2.24, 2.45) is 5.92 Å². The summed E-state index contributed by atoms with van der Waals surface area (Å²) < 4.78 is 63.7. The highest BCUT2D eigenvalue weighted by molar-refractivity contribution is 7.89. The second kappa shape index (κ2) is 8.26. The first-order valence-electron chi connectivity index (χ1n) is 11.2. The van der Waals surface area contributed by atoms with Gasteiger partial charge in [0, 0.05) is 35.0 Å². The zero-order chi connectivity index (χ0) is 22.5. The van der Waals surface area contributed by atoms with Gasteiger partial charge in [-0.2, -0.15) is 0 Å². The Morgan fingerprint density at radius 2 is 1.75 bits per heavy atom. The Kier molecular flexibility index (Phi) is 5.71. The molecule has 4 nitrogen and oxygen atoms in total. The maximum Gasteiger partial charge on any atom is 0.216 e. The summed E-state index contributed by atoms with van der Waals surface area (Å²) in [5.41, 5.74) is 0.474. The van der Waals surface area contributed by atoms with Crippen LogP contribution < -0.4 is 4.74 Å². The molecule has 1 saturated carbocycles. The minimum absolute atomic E-state index is 0.0314. The van der Waals surface area contributed by atoms with Gasteiger partial charge in [0.2, 0.25) is 10.0 Å². The maximum atomic E-state index is 15.2. The van der Waals surface area contributed by atoms with E-state index in [2.05, 4.69) is 0 Å². The molecule has 172 valence electrons. The van der Waals surface area contributed by atoms with Gasteiger partial charge >= 0.3 is 0 Å². The number of ether oxygens (including phenoxy) is 1. The second-order valence-electron chi connectivity index (χ2n) is 9.25. The van der Waals surface area contributed by atoms with Crippen LogP contribution in [0.2, 0.25) is 5.02 Å². The minimum Gasteiger partial charge on any atom is -0.490 e. The van der Waals surface area contributed by atoms with Crippen molar-refractivity contribution < 1.29 is 21.9 Å². The first kappa shape index (κ1) is 22.1. The van der Waals surface area contributed by atoms with Gasteiger partial charge in [0.05, 0.1) is 11.9 Å². The van der Waals surface area contributed by atoms with Crippen LogP contribution in [0.25, 0.3) is 0 Å². The molecule has 0 N–H and O–H groups in total. The molecule has 3 atom stereocenters. The van der Waals surface area contributed by atoms with E-state index in [4.69, 9.17) is 16.3 Å². The van der Waals surface area contributed by atoms with Gasteiger partial charge in [-0.05, 0) is 68.4 Å². The SMILES string of the molecule is O=S(=O)([C@H]1CC[C@@]2(Cc3ccc(Cl)cc3)c3c(F)ccc(F)c3OC[C@H]2C1)N1CCCC1. The van der Waals surface area contributed by atoms with E-state index in [9.17, 15) is 12.8 Å². The summed E-state index contributed by atoms with van der Waals surface area (Å²) in [4.78, 5) is 0. The number of fused-ring (bicyclic) bond motifs is 3. The molecule has 0 unspecified atom stereocenters. The standard InChI is InChI=1S/C24H26ClF2NO3S/c25-18-5-3-16(4-6-18)14-24-10-9-19(32(29,30)28-11-1-2-12-28)13-17(24)15-31-23-21(27)8-7-20(26)22(23)24/h3-8,17,19H,1-2,9-15H2/t17-,19+,24+/m1/s1. The molecule has 2 heterocycles. The molecule has 1 saturated heterocycles. The Morgan fingerprint density at radius 1 is 1.06 bits per heavy atom. The van der Waals surface area contributed by atoms with Gasteiger partial charge in [-0.1, -0.05) is 23.7 Å². The Bertz CT molecular complexity index is 1120. The van der Waals surface area contributed by atoms with Crippen molar-refractivity contribution in [1.82, 2.24) is 4.31 Å². The first-order chi connectivity index (χ1) is 15.3. The van der Waals surface area contributed by atoms with Crippen molar-refractivity contribution in [1.29, 1.82) is 0 Å². The number of rotatable bonds is 4. The fourth-order valence-electron chi connectivity index (χ4n) is 5.87. The van der Waals surface area contributed by atoms with Crippen LogP contribution in [0.5, 0.6) is 5.75 Å². The number of hydrogen-bond donors (Lipinski definition) is 0. The largest absolute Gasteiger partial charge is 0.490 e. The fraction of sp³-hybridized carbons (Fsp3) is 0.500. The van der Waals surface area contributed by atoms with Crippen molar-refractivity contribution in [2.45, 2.75) is 49.2 Å². The molecule has 0 amide bonds. The average molecular weight is 482 g/mol. The van der Waals surface area contributed by atoms with E-state index in [-0.39, 0.29) is 23.8 Å². The van der Waals surface area contributed by atoms with Gasteiger partial charge in [-0.15, -0.1) is 0 Å². The van der Waals surface area contributed by atoms with Crippen LogP contribution in [0.1, 0.15) is 43.2 Å². The van der Waals surface area contributed by atoms with Crippen molar-refractivity contribution in [3.05, 3.63) is 64.2 Å². The summed E-state index contributed by atoms with van der Waals surface area (Å²) in [6.07, 6.45) is 3.49. The molecule has 32 heavy (non-hydrogen) atoms. The zero-order valence-electron chi connectivity index (χ0n) is 17.7. The van der Waals surface area contributed by atoms with Crippen LogP contribution in [0.3, 0.4) is 0 Å². The van der Waals surface area contributed by atoms with E-state index >= 15 is 4.39 Å². The maximum absolute atomic E-state index is 15.2. The third kappa shape index (κ3) is 3.62. The van der Waals surface area contributed by atoms with Gasteiger partial charge in [-0.25, -0.2) is 21.5 Å². The molecule has 3 aliphatic rings. The van der Waals surface area contributed by atoms with E-state index in [1.165, 1.54) is 0 Å². The van der Waals surface area contributed by atoms with Gasteiger partial charge in [-0.3, -0.25) is 0 Å². The second-order valence-corrected chi connectivity index (χ2v) is 11.9. The van der Waals surface area contributed by atoms with Gasteiger partial charge in [0.1, 0.15) is 5.82 Å². The van der Waals surface area contributed by atoms with E-state index in [0.717, 1.165) is 30.5 Å². The molecule has 2 fully saturated rings. The van der Waals surface area contributed by atoms with Crippen LogP contribution >= 0.6 is 11.6 Å². The Balaban J connectivity index is 1.55. The lowest BCUT2D eigenvalue weighted by Crippen LogP contribution is -2.52. The van der Waals surface area contributed by atoms with Crippen LogP contribution in [0.15, 0.2) is 36.4 Å². The van der Waals surface area contributed by atoms with Crippen molar-refractivity contribution >= 4 is 21.6 Å². The first-order valence-corrected chi connectivity index (χ1v) is 13.0. The summed E-state index contributed by atoms with van der Waals surface area (Å²) >= 11 is 6.05. The molecular formula is C24H26ClF2NO3S. The van der Waals surface area contributed by atoms with Crippen LogP contribution in [0.4, 0.5) is 8.78 Å². The van der Waals surface area contributed by atoms with E-state index in [0.29, 0.717) is 43.8 Å². The summed E-state index contributed by atoms with van der Waals surface area (Å²) in [5, 5.41) is 0.0820. The van der Waals surface area contributed by atoms with E-state index in [1.807, 2.05) is 12.1 Å². The molecular weight excluding hydrogens is 456 g/mol. The molecule has 0 radical (unpaired) electrons. The molecule has 0 bridgehead atoms. The normalized spacial score (nSPS) is 28.1. The minimum atomic E-state index is -3.42. The molecule has 8 heteroatoms. The third-order valence-corrected chi connectivity index (χ3v) is 10.1. The number of nitrogens with zero attached hydrogens (tertiary/aromatic N) is 1. The van der Waals surface area contributed by atoms with Crippen LogP contribution in [-0.4, -0.2) is 37.7 Å². The molecule has 5 rings (SSSR count). The summed E-state index contributed by atoms with van der Waals surface area (Å²) in [6, 6.07) is 9.61. The molecule has 2 aromatic carbocycles. The number of sulfonamides is 1. The Hall–Kier alpha value is -1.70. The molecule has 2 aliphatic heterocycles. The molecule has 0 aromatic heterocycles. The summed E-state index contributed by atoms with van der Waals surface area (Å²) in [7, 11) is -3.42. The van der Waals surface area contributed by atoms with E-state index < -0.39 is 32.3 Å². The van der Waals surface area contributed by atoms with Crippen LogP contribution in [0, 0.1) is 17.6 Å². The summed E-state index contributed by atoms with van der Waals surface area (Å²) in [6.45, 7) is 1.31. The monoisotopic (exact) mass is 481 g/mol. The highest BCUT2D eigenvalue weighted by Crippen LogP contribution is 2.54. The van der Waals surface area contributed by atoms with E-state index in [1.54, 1.807) is 16.4 Å². The van der Waals surface area contributed by atoms with Gasteiger partial charge in [0.15, 0.2) is 11.6 Å². The van der Waals surface area contributed by atoms with Crippen molar-refractivity contribution in [2.75, 3.05) is 19.7 Å². The Labute approximate surface area is 192 Å². The quantitative estimate of drug-likeness (QED) is 0.611. The number of halogens is 3. The highest BCUT2D eigenvalue weighted by atomic mass is 35.5. The van der Waals surface area contributed by atoms with Gasteiger partial charge < -0.3 is 4.74 Å². The third-order valence-electron chi connectivity index (χ3n) is 7.51. The fourth-order valence-corrected chi connectivity index (χ4v) is 8.08. The predicted octanol–water partition coefficient (Wildman–Crippen LogP) is 5.09. The topological polar surface area (TPSA) is 46.6 Å². The predicted molar refractivity (Wildman–Crippen MR) is 120 cm³/mol. The molecule has 0 spiro atoms. The lowest BCUT2D eigenvalue weighted by atomic mass is 9.58. The van der Waals surface area contributed by atoms with Crippen LogP contribution in [-0.2, 0) is 21.9 Å². The molecule has 2 aromatic rings. The van der Waals surface area contributed by atoms with Crippen molar-refractivity contribution in [3.63, 3.8) is 0 Å². The van der Waals surface area contributed by atoms with Gasteiger partial charge in [0.25, 0.3) is 0 Å². The molecule has 1 aliphatic carbocycles. The smallest absolute Gasteiger partial charge is 0.216 e. The lowest BCUT2D eigenvalue weighted by Gasteiger charge is -2.50. The summed E-state index contributed by atoms with van der Waals surface area (Å²) in [5.74, 6) is -1.35.